The number of hydrogen-bond acceptors (Lipinski definition) is 3. The standard InChI is InChI=1S/C16H20O3/c1-3-18-11-5-7-13-12-6-4-10(2)8-14(12)16(17)19-15(13)9-11/h5,7,9-10,12,14H,3-4,6,8H2,1-2H3. The first-order valence-corrected chi connectivity index (χ1v) is 7.17. The third-order valence-electron chi connectivity index (χ3n) is 4.32. The molecule has 1 aromatic carbocycles. The fraction of sp³-hybridized carbons (Fsp3) is 0.562. The van der Waals surface area contributed by atoms with Crippen LogP contribution in [0.25, 0.3) is 0 Å². The summed E-state index contributed by atoms with van der Waals surface area (Å²) in [6.07, 6.45) is 3.24. The second-order valence-corrected chi connectivity index (χ2v) is 5.68. The fourth-order valence-corrected chi connectivity index (χ4v) is 3.36. The van der Waals surface area contributed by atoms with Gasteiger partial charge in [-0.15, -0.1) is 0 Å². The Bertz CT molecular complexity index is 495. The molecular formula is C16H20O3. The Morgan fingerprint density at radius 3 is 2.95 bits per heavy atom. The van der Waals surface area contributed by atoms with Crippen LogP contribution in [0.2, 0.25) is 0 Å². The lowest BCUT2D eigenvalue weighted by Gasteiger charge is -2.37. The number of hydrogen-bond donors (Lipinski definition) is 0. The van der Waals surface area contributed by atoms with Gasteiger partial charge >= 0.3 is 5.97 Å². The molecule has 1 aliphatic carbocycles. The van der Waals surface area contributed by atoms with E-state index in [0.29, 0.717) is 24.2 Å². The molecule has 1 saturated carbocycles. The van der Waals surface area contributed by atoms with Gasteiger partial charge < -0.3 is 9.47 Å². The van der Waals surface area contributed by atoms with Gasteiger partial charge in [-0.25, -0.2) is 0 Å². The van der Waals surface area contributed by atoms with Crippen molar-refractivity contribution in [1.82, 2.24) is 0 Å². The number of carbonyl (C=O) groups is 1. The molecule has 0 N–H and O–H groups in total. The third kappa shape index (κ3) is 2.22. The zero-order valence-electron chi connectivity index (χ0n) is 11.5. The Morgan fingerprint density at radius 2 is 2.16 bits per heavy atom. The van der Waals surface area contributed by atoms with Gasteiger partial charge in [0.25, 0.3) is 0 Å². The van der Waals surface area contributed by atoms with Gasteiger partial charge in [-0.1, -0.05) is 19.4 Å². The van der Waals surface area contributed by atoms with E-state index in [-0.39, 0.29) is 11.9 Å². The van der Waals surface area contributed by atoms with Gasteiger partial charge in [-0.2, -0.15) is 0 Å². The van der Waals surface area contributed by atoms with Crippen molar-refractivity contribution in [3.8, 4) is 11.5 Å². The maximum atomic E-state index is 12.1. The molecule has 3 unspecified atom stereocenters. The normalized spacial score (nSPS) is 29.2. The van der Waals surface area contributed by atoms with Crippen LogP contribution in [0.1, 0.15) is 44.6 Å². The molecule has 2 aliphatic rings. The van der Waals surface area contributed by atoms with Crippen LogP contribution in [-0.4, -0.2) is 12.6 Å². The van der Waals surface area contributed by atoms with Crippen molar-refractivity contribution in [2.75, 3.05) is 6.61 Å². The van der Waals surface area contributed by atoms with Crippen molar-refractivity contribution < 1.29 is 14.3 Å². The Hall–Kier alpha value is -1.51. The summed E-state index contributed by atoms with van der Waals surface area (Å²) < 4.78 is 11.0. The highest BCUT2D eigenvalue weighted by Gasteiger charge is 2.40. The molecule has 0 radical (unpaired) electrons. The van der Waals surface area contributed by atoms with Crippen LogP contribution in [0.15, 0.2) is 18.2 Å². The molecule has 0 bridgehead atoms. The van der Waals surface area contributed by atoms with Crippen LogP contribution in [0.5, 0.6) is 11.5 Å². The molecular weight excluding hydrogens is 240 g/mol. The lowest BCUT2D eigenvalue weighted by Crippen LogP contribution is -2.35. The predicted octanol–water partition coefficient (Wildman–Crippen LogP) is 3.52. The Morgan fingerprint density at radius 1 is 1.32 bits per heavy atom. The molecule has 3 heteroatoms. The number of ether oxygens (including phenoxy) is 2. The van der Waals surface area contributed by atoms with Crippen LogP contribution >= 0.6 is 0 Å². The van der Waals surface area contributed by atoms with Crippen LogP contribution < -0.4 is 9.47 Å². The zero-order valence-corrected chi connectivity index (χ0v) is 11.5. The van der Waals surface area contributed by atoms with Crippen LogP contribution in [-0.2, 0) is 4.79 Å². The van der Waals surface area contributed by atoms with Gasteiger partial charge in [0.1, 0.15) is 11.5 Å². The lowest BCUT2D eigenvalue weighted by molar-refractivity contribution is -0.143. The molecule has 3 atom stereocenters. The fourth-order valence-electron chi connectivity index (χ4n) is 3.36. The summed E-state index contributed by atoms with van der Waals surface area (Å²) in [5.74, 6) is 2.43. The number of fused-ring (bicyclic) bond motifs is 3. The van der Waals surface area contributed by atoms with Crippen LogP contribution in [0.4, 0.5) is 0 Å². The maximum absolute atomic E-state index is 12.1. The van der Waals surface area contributed by atoms with Crippen molar-refractivity contribution in [2.45, 2.75) is 39.0 Å². The number of rotatable bonds is 2. The minimum atomic E-state index is -0.0577. The quantitative estimate of drug-likeness (QED) is 0.603. The molecule has 0 spiro atoms. The smallest absolute Gasteiger partial charge is 0.314 e. The summed E-state index contributed by atoms with van der Waals surface area (Å²) in [5, 5.41) is 0. The molecule has 1 fully saturated rings. The van der Waals surface area contributed by atoms with E-state index in [0.717, 1.165) is 18.6 Å². The van der Waals surface area contributed by atoms with E-state index in [1.165, 1.54) is 12.0 Å². The second-order valence-electron chi connectivity index (χ2n) is 5.68. The Kier molecular flexibility index (Phi) is 3.21. The highest BCUT2D eigenvalue weighted by Crippen LogP contribution is 2.47. The molecule has 19 heavy (non-hydrogen) atoms. The van der Waals surface area contributed by atoms with Gasteiger partial charge in [0, 0.05) is 12.0 Å². The molecule has 3 rings (SSSR count). The van der Waals surface area contributed by atoms with E-state index in [1.807, 2.05) is 19.1 Å². The van der Waals surface area contributed by atoms with Crippen molar-refractivity contribution in [1.29, 1.82) is 0 Å². The van der Waals surface area contributed by atoms with Crippen molar-refractivity contribution in [3.05, 3.63) is 23.8 Å². The van der Waals surface area contributed by atoms with E-state index >= 15 is 0 Å². The van der Waals surface area contributed by atoms with Gasteiger partial charge in [0.15, 0.2) is 0 Å². The van der Waals surface area contributed by atoms with Crippen molar-refractivity contribution in [2.24, 2.45) is 11.8 Å². The average Bonchev–Trinajstić information content (AvgIpc) is 2.39. The lowest BCUT2D eigenvalue weighted by atomic mass is 9.70. The molecule has 102 valence electrons. The maximum Gasteiger partial charge on any atom is 0.314 e. The summed E-state index contributed by atoms with van der Waals surface area (Å²) in [5.41, 5.74) is 1.18. The summed E-state index contributed by atoms with van der Waals surface area (Å²) in [6.45, 7) is 4.79. The van der Waals surface area contributed by atoms with Gasteiger partial charge in [0.2, 0.25) is 0 Å². The number of carbonyl (C=O) groups excluding carboxylic acids is 1. The summed E-state index contributed by atoms with van der Waals surface area (Å²) in [6, 6.07) is 5.90. The largest absolute Gasteiger partial charge is 0.494 e. The number of benzene rings is 1. The zero-order chi connectivity index (χ0) is 13.4. The van der Waals surface area contributed by atoms with E-state index in [4.69, 9.17) is 9.47 Å². The highest BCUT2D eigenvalue weighted by atomic mass is 16.5. The molecule has 0 saturated heterocycles. The highest BCUT2D eigenvalue weighted by molar-refractivity contribution is 5.79. The molecule has 1 aromatic rings. The summed E-state index contributed by atoms with van der Waals surface area (Å²) in [4.78, 5) is 12.1. The SMILES string of the molecule is CCOc1ccc2c(c1)OC(=O)C1CC(C)CCC21. The number of esters is 1. The van der Waals surface area contributed by atoms with E-state index < -0.39 is 0 Å². The second kappa shape index (κ2) is 4.87. The Balaban J connectivity index is 1.94. The van der Waals surface area contributed by atoms with Crippen molar-refractivity contribution >= 4 is 5.97 Å². The predicted molar refractivity (Wildman–Crippen MR) is 72.5 cm³/mol. The summed E-state index contributed by atoms with van der Waals surface area (Å²) >= 11 is 0. The first kappa shape index (κ1) is 12.5. The third-order valence-corrected chi connectivity index (χ3v) is 4.32. The topological polar surface area (TPSA) is 35.5 Å². The van der Waals surface area contributed by atoms with E-state index in [1.54, 1.807) is 0 Å². The molecule has 1 aliphatic heterocycles. The van der Waals surface area contributed by atoms with Crippen molar-refractivity contribution in [3.63, 3.8) is 0 Å². The van der Waals surface area contributed by atoms with Crippen LogP contribution in [0.3, 0.4) is 0 Å². The molecule has 1 heterocycles. The van der Waals surface area contributed by atoms with Gasteiger partial charge in [-0.05, 0) is 37.3 Å². The molecule has 3 nitrogen and oxygen atoms in total. The van der Waals surface area contributed by atoms with E-state index in [2.05, 4.69) is 13.0 Å². The van der Waals surface area contributed by atoms with Gasteiger partial charge in [-0.3, -0.25) is 4.79 Å². The minimum Gasteiger partial charge on any atom is -0.494 e. The average molecular weight is 260 g/mol. The monoisotopic (exact) mass is 260 g/mol. The molecule has 0 amide bonds. The van der Waals surface area contributed by atoms with Crippen LogP contribution in [0, 0.1) is 11.8 Å². The molecule has 0 aromatic heterocycles. The minimum absolute atomic E-state index is 0.0502. The van der Waals surface area contributed by atoms with Gasteiger partial charge in [0.05, 0.1) is 12.5 Å². The van der Waals surface area contributed by atoms with E-state index in [9.17, 15) is 4.79 Å². The first-order valence-electron chi connectivity index (χ1n) is 7.17. The Labute approximate surface area is 113 Å². The summed E-state index contributed by atoms with van der Waals surface area (Å²) in [7, 11) is 0. The first-order chi connectivity index (χ1) is 9.19.